The van der Waals surface area contributed by atoms with Crippen LogP contribution in [0.3, 0.4) is 0 Å². The second-order valence-electron chi connectivity index (χ2n) is 5.91. The highest BCUT2D eigenvalue weighted by Crippen LogP contribution is 2.28. The number of para-hydroxylation sites is 1. The predicted molar refractivity (Wildman–Crippen MR) is 107 cm³/mol. The highest BCUT2D eigenvalue weighted by Gasteiger charge is 2.15. The van der Waals surface area contributed by atoms with Crippen LogP contribution in [0.25, 0.3) is 5.69 Å². The summed E-state index contributed by atoms with van der Waals surface area (Å²) in [6, 6.07) is 12.7. The molecule has 0 amide bonds. The Morgan fingerprint density at radius 1 is 1.22 bits per heavy atom. The average Bonchev–Trinajstić information content (AvgIpc) is 2.90. The number of aromatic nitrogens is 1. The van der Waals surface area contributed by atoms with Crippen LogP contribution in [-0.2, 0) is 0 Å². The van der Waals surface area contributed by atoms with E-state index >= 15 is 0 Å². The molecule has 1 heterocycles. The van der Waals surface area contributed by atoms with E-state index in [0.29, 0.717) is 15.8 Å². The number of hydrazone groups is 1. The third kappa shape index (κ3) is 3.90. The number of nitro groups is 1. The van der Waals surface area contributed by atoms with Crippen molar-refractivity contribution in [2.24, 2.45) is 5.10 Å². The van der Waals surface area contributed by atoms with Crippen LogP contribution in [0, 0.1) is 29.8 Å². The van der Waals surface area contributed by atoms with Crippen molar-refractivity contribution in [2.75, 3.05) is 5.43 Å². The van der Waals surface area contributed by atoms with Crippen molar-refractivity contribution >= 4 is 33.5 Å². The van der Waals surface area contributed by atoms with Crippen molar-refractivity contribution in [1.29, 1.82) is 0 Å². The Morgan fingerprint density at radius 2 is 1.93 bits per heavy atom. The highest BCUT2D eigenvalue weighted by atomic mass is 79.9. The second-order valence-corrected chi connectivity index (χ2v) is 6.76. The molecule has 0 unspecified atom stereocenters. The van der Waals surface area contributed by atoms with Gasteiger partial charge in [0.2, 0.25) is 0 Å². The smallest absolute Gasteiger partial charge is 0.269 e. The molecule has 0 aliphatic rings. The van der Waals surface area contributed by atoms with Crippen LogP contribution in [0.4, 0.5) is 15.8 Å². The van der Waals surface area contributed by atoms with Crippen LogP contribution >= 0.6 is 15.9 Å². The van der Waals surface area contributed by atoms with Gasteiger partial charge in [-0.25, -0.2) is 4.39 Å². The van der Waals surface area contributed by atoms with E-state index < -0.39 is 4.92 Å². The van der Waals surface area contributed by atoms with Gasteiger partial charge in [0.15, 0.2) is 0 Å². The maximum atomic E-state index is 14.3. The molecule has 0 bridgehead atoms. The van der Waals surface area contributed by atoms with Crippen LogP contribution < -0.4 is 5.43 Å². The molecule has 3 rings (SSSR count). The van der Waals surface area contributed by atoms with E-state index in [0.717, 1.165) is 17.0 Å². The second kappa shape index (κ2) is 7.71. The third-order valence-corrected chi connectivity index (χ3v) is 4.75. The van der Waals surface area contributed by atoms with Gasteiger partial charge < -0.3 is 4.57 Å². The van der Waals surface area contributed by atoms with Gasteiger partial charge in [-0.1, -0.05) is 6.07 Å². The molecule has 8 heteroatoms. The fourth-order valence-corrected chi connectivity index (χ4v) is 3.32. The molecule has 0 saturated carbocycles. The molecular formula is C19H16BrFN4O2. The van der Waals surface area contributed by atoms with E-state index in [9.17, 15) is 14.5 Å². The zero-order valence-corrected chi connectivity index (χ0v) is 16.2. The van der Waals surface area contributed by atoms with Crippen molar-refractivity contribution in [2.45, 2.75) is 13.8 Å². The van der Waals surface area contributed by atoms with E-state index in [-0.39, 0.29) is 11.5 Å². The number of hydrogen-bond donors (Lipinski definition) is 1. The number of benzene rings is 2. The zero-order valence-electron chi connectivity index (χ0n) is 14.6. The van der Waals surface area contributed by atoms with Gasteiger partial charge in [-0.3, -0.25) is 15.5 Å². The molecule has 0 fully saturated rings. The molecule has 0 atom stereocenters. The van der Waals surface area contributed by atoms with E-state index in [1.165, 1.54) is 18.2 Å². The van der Waals surface area contributed by atoms with Crippen molar-refractivity contribution in [3.8, 4) is 5.69 Å². The number of halogens is 2. The largest absolute Gasteiger partial charge is 0.314 e. The summed E-state index contributed by atoms with van der Waals surface area (Å²) < 4.78 is 16.8. The van der Waals surface area contributed by atoms with Crippen LogP contribution in [0.15, 0.2) is 58.1 Å². The molecule has 0 radical (unpaired) electrons. The number of anilines is 1. The summed E-state index contributed by atoms with van der Waals surface area (Å²) in [5.74, 6) is -0.321. The first-order valence-corrected chi connectivity index (χ1v) is 8.84. The molecule has 0 aliphatic heterocycles. The summed E-state index contributed by atoms with van der Waals surface area (Å²) >= 11 is 3.41. The molecule has 138 valence electrons. The van der Waals surface area contributed by atoms with E-state index in [4.69, 9.17) is 0 Å². The lowest BCUT2D eigenvalue weighted by atomic mass is 10.2. The molecular weight excluding hydrogens is 415 g/mol. The fraction of sp³-hybridized carbons (Fsp3) is 0.105. The van der Waals surface area contributed by atoms with Crippen molar-refractivity contribution < 1.29 is 9.31 Å². The summed E-state index contributed by atoms with van der Waals surface area (Å²) in [6.45, 7) is 3.78. The normalized spacial score (nSPS) is 11.1. The van der Waals surface area contributed by atoms with Gasteiger partial charge >= 0.3 is 0 Å². The highest BCUT2D eigenvalue weighted by molar-refractivity contribution is 9.10. The summed E-state index contributed by atoms with van der Waals surface area (Å²) in [7, 11) is 0. The molecule has 27 heavy (non-hydrogen) atoms. The van der Waals surface area contributed by atoms with Crippen LogP contribution in [0.1, 0.15) is 17.0 Å². The lowest BCUT2D eigenvalue weighted by Gasteiger charge is -2.12. The minimum absolute atomic E-state index is 0.0172. The third-order valence-electron chi connectivity index (χ3n) is 4.11. The summed E-state index contributed by atoms with van der Waals surface area (Å²) in [4.78, 5) is 10.2. The molecule has 0 saturated heterocycles. The Labute approximate surface area is 163 Å². The number of hydrogen-bond acceptors (Lipinski definition) is 4. The SMILES string of the molecule is Cc1cc(/C=N/Nc2ccc([N+](=O)[O-])cc2)c(C)n1-c1c(F)cccc1Br. The van der Waals surface area contributed by atoms with E-state index in [1.807, 2.05) is 24.5 Å². The van der Waals surface area contributed by atoms with Gasteiger partial charge in [-0.05, 0) is 60.1 Å². The predicted octanol–water partition coefficient (Wildman–Crippen LogP) is 5.35. The first kappa shape index (κ1) is 18.8. The van der Waals surface area contributed by atoms with Gasteiger partial charge in [0.1, 0.15) is 5.82 Å². The lowest BCUT2D eigenvalue weighted by Crippen LogP contribution is -2.03. The van der Waals surface area contributed by atoms with Gasteiger partial charge in [0.05, 0.1) is 22.5 Å². The van der Waals surface area contributed by atoms with E-state index in [1.54, 1.807) is 30.5 Å². The standard InChI is InChI=1S/C19H16BrFN4O2/c1-12-10-14(11-22-23-15-6-8-16(9-7-15)25(26)27)13(2)24(12)19-17(20)4-3-5-18(19)21/h3-11,23H,1-2H3/b22-11+. The maximum absolute atomic E-state index is 14.3. The molecule has 0 spiro atoms. The minimum atomic E-state index is -0.456. The van der Waals surface area contributed by atoms with Gasteiger partial charge in [-0.2, -0.15) is 5.10 Å². The number of nitrogens with zero attached hydrogens (tertiary/aromatic N) is 3. The first-order valence-electron chi connectivity index (χ1n) is 8.05. The minimum Gasteiger partial charge on any atom is -0.314 e. The van der Waals surface area contributed by atoms with Crippen LogP contribution in [0.2, 0.25) is 0 Å². The van der Waals surface area contributed by atoms with Crippen LogP contribution in [0.5, 0.6) is 0 Å². The van der Waals surface area contributed by atoms with Crippen molar-refractivity contribution in [1.82, 2.24) is 4.57 Å². The zero-order chi connectivity index (χ0) is 19.6. The van der Waals surface area contributed by atoms with Crippen molar-refractivity contribution in [3.05, 3.63) is 85.9 Å². The maximum Gasteiger partial charge on any atom is 0.269 e. The molecule has 1 N–H and O–H groups in total. The Bertz CT molecular complexity index is 1010. The molecule has 2 aromatic carbocycles. The van der Waals surface area contributed by atoms with Gasteiger partial charge in [-0.15, -0.1) is 0 Å². The van der Waals surface area contributed by atoms with Crippen molar-refractivity contribution in [3.63, 3.8) is 0 Å². The number of rotatable bonds is 5. The van der Waals surface area contributed by atoms with E-state index in [2.05, 4.69) is 26.5 Å². The monoisotopic (exact) mass is 430 g/mol. The number of nitrogens with one attached hydrogen (secondary N) is 1. The molecule has 1 aromatic heterocycles. The van der Waals surface area contributed by atoms with Crippen LogP contribution in [-0.4, -0.2) is 15.7 Å². The summed E-state index contributed by atoms with van der Waals surface area (Å²) in [6.07, 6.45) is 1.63. The van der Waals surface area contributed by atoms with Gasteiger partial charge in [0.25, 0.3) is 5.69 Å². The molecule has 3 aromatic rings. The molecule has 0 aliphatic carbocycles. The quantitative estimate of drug-likeness (QED) is 0.336. The number of nitro benzene ring substituents is 1. The fourth-order valence-electron chi connectivity index (χ4n) is 2.80. The average molecular weight is 431 g/mol. The Morgan fingerprint density at radius 3 is 2.56 bits per heavy atom. The topological polar surface area (TPSA) is 72.5 Å². The summed E-state index contributed by atoms with van der Waals surface area (Å²) in [5.41, 5.74) is 6.47. The number of non-ortho nitro benzene ring substituents is 1. The summed E-state index contributed by atoms with van der Waals surface area (Å²) in [5, 5.41) is 14.8. The Balaban J connectivity index is 1.84. The lowest BCUT2D eigenvalue weighted by molar-refractivity contribution is -0.384. The first-order chi connectivity index (χ1) is 12.9. The van der Waals surface area contributed by atoms with Gasteiger partial charge in [0, 0.05) is 33.6 Å². The molecule has 6 nitrogen and oxygen atoms in total. The number of aryl methyl sites for hydroxylation is 1. The Kier molecular flexibility index (Phi) is 5.36. The Hall–Kier alpha value is -3.00.